The van der Waals surface area contributed by atoms with E-state index in [2.05, 4.69) is 40.7 Å². The first kappa shape index (κ1) is 41.9. The first-order valence-electron chi connectivity index (χ1n) is 20.5. The van der Waals surface area contributed by atoms with Crippen molar-refractivity contribution in [1.29, 1.82) is 0 Å². The molecule has 0 aromatic carbocycles. The molecule has 7 unspecified atom stereocenters. The highest BCUT2D eigenvalue weighted by atomic mass is 16.8. The molecule has 2 heterocycles. The van der Waals surface area contributed by atoms with E-state index >= 15 is 0 Å². The monoisotopic (exact) mass is 782 g/mol. The molecule has 6 fully saturated rings. The predicted octanol–water partition coefficient (Wildman–Crippen LogP) is 1.81. The molecular weight excluding hydrogens is 716 g/mol. The van der Waals surface area contributed by atoms with Crippen LogP contribution in [-0.2, 0) is 23.7 Å². The van der Waals surface area contributed by atoms with Gasteiger partial charge in [0.05, 0.1) is 23.7 Å². The summed E-state index contributed by atoms with van der Waals surface area (Å²) in [5.41, 5.74) is -1.98. The Labute approximate surface area is 323 Å². The number of carboxylic acid groups (broad SMARTS) is 1. The average Bonchev–Trinajstić information content (AvgIpc) is 3.12. The number of aliphatic carboxylic acids is 1. The van der Waals surface area contributed by atoms with Crippen molar-refractivity contribution in [2.45, 2.75) is 180 Å². The van der Waals surface area contributed by atoms with Gasteiger partial charge in [-0.05, 0) is 104 Å². The maximum absolute atomic E-state index is 13.1. The number of carbonyl (C=O) groups is 1. The summed E-state index contributed by atoms with van der Waals surface area (Å²) in [5.74, 6) is -0.800. The van der Waals surface area contributed by atoms with Crippen molar-refractivity contribution in [1.82, 2.24) is 0 Å². The fourth-order valence-corrected chi connectivity index (χ4v) is 13.6. The molecule has 4 saturated carbocycles. The molecule has 7 aliphatic rings. The summed E-state index contributed by atoms with van der Waals surface area (Å²) in [5, 5.41) is 96.2. The van der Waals surface area contributed by atoms with Crippen LogP contribution in [0.1, 0.15) is 106 Å². The Hall–Kier alpha value is -1.27. The maximum Gasteiger partial charge on any atom is 0.310 e. The summed E-state index contributed by atoms with van der Waals surface area (Å²) >= 11 is 0. The molecule has 0 aromatic rings. The first-order valence-corrected chi connectivity index (χ1v) is 20.5. The smallest absolute Gasteiger partial charge is 0.310 e. The van der Waals surface area contributed by atoms with Crippen LogP contribution >= 0.6 is 0 Å². The van der Waals surface area contributed by atoms with Gasteiger partial charge in [0.25, 0.3) is 0 Å². The lowest BCUT2D eigenvalue weighted by molar-refractivity contribution is -0.406. The van der Waals surface area contributed by atoms with Crippen molar-refractivity contribution in [3.63, 3.8) is 0 Å². The van der Waals surface area contributed by atoms with Crippen LogP contribution in [0.2, 0.25) is 0 Å². The molecule has 55 heavy (non-hydrogen) atoms. The minimum Gasteiger partial charge on any atom is -0.481 e. The largest absolute Gasteiger partial charge is 0.481 e. The molecule has 0 amide bonds. The van der Waals surface area contributed by atoms with E-state index in [4.69, 9.17) is 18.9 Å². The third-order valence-corrected chi connectivity index (χ3v) is 17.4. The number of ether oxygens (including phenoxy) is 4. The van der Waals surface area contributed by atoms with Gasteiger partial charge in [-0.2, -0.15) is 0 Å². The van der Waals surface area contributed by atoms with Crippen LogP contribution in [0.3, 0.4) is 0 Å². The minimum absolute atomic E-state index is 0.0197. The van der Waals surface area contributed by atoms with Crippen molar-refractivity contribution in [2.24, 2.45) is 50.7 Å². The fourth-order valence-electron chi connectivity index (χ4n) is 13.6. The fraction of sp³-hybridized carbons (Fsp3) is 0.927. The summed E-state index contributed by atoms with van der Waals surface area (Å²) in [7, 11) is 0. The van der Waals surface area contributed by atoms with E-state index in [0.717, 1.165) is 37.7 Å². The van der Waals surface area contributed by atoms with Gasteiger partial charge in [0.2, 0.25) is 0 Å². The molecule has 0 spiro atoms. The molecular formula is C41H66O14. The van der Waals surface area contributed by atoms with Gasteiger partial charge in [-0.3, -0.25) is 4.79 Å². The third-order valence-electron chi connectivity index (χ3n) is 17.4. The molecule has 0 bridgehead atoms. The highest BCUT2D eigenvalue weighted by molar-refractivity contribution is 5.77. The Bertz CT molecular complexity index is 1500. The number of carboxylic acids is 1. The summed E-state index contributed by atoms with van der Waals surface area (Å²) < 4.78 is 23.5. The van der Waals surface area contributed by atoms with E-state index in [-0.39, 0.29) is 34.0 Å². The topological polar surface area (TPSA) is 236 Å². The van der Waals surface area contributed by atoms with Crippen LogP contribution in [-0.4, -0.2) is 132 Å². The second kappa shape index (κ2) is 13.9. The lowest BCUT2D eigenvalue weighted by atomic mass is 9.33. The number of hydrogen-bond acceptors (Lipinski definition) is 13. The number of aliphatic hydroxyl groups excluding tert-OH is 7. The molecule has 9 N–H and O–H groups in total. The van der Waals surface area contributed by atoms with Crippen LogP contribution in [0.25, 0.3) is 0 Å². The Kier molecular flexibility index (Phi) is 10.6. The van der Waals surface area contributed by atoms with Crippen molar-refractivity contribution in [3.8, 4) is 0 Å². The highest BCUT2D eigenvalue weighted by Gasteiger charge is 2.71. The van der Waals surface area contributed by atoms with Crippen molar-refractivity contribution < 1.29 is 69.7 Å². The second-order valence-electron chi connectivity index (χ2n) is 20.0. The standard InChI is InChI=1S/C41H66O14/c1-19-10-15-41(35(49)50)17-16-38(5)20(31(41)40(19,7)51)8-9-23-37(4)13-12-24(36(2,3)22(37)11-14-39(23,38)6)53-33-29(47)27(45)30(48)34(55-33)54-32-28(46)26(44)25(43)21(18-42)52-32/h8,19,21-34,42-48,51H,9-18H2,1-7H3,(H,49,50)/t19?,21-,22+,23?,24?,25-,26+,27-,28-,29-,30+,31-,32+,33-,34?,37?,38-,39?,40-,41?/m1/s1. The van der Waals surface area contributed by atoms with Gasteiger partial charge in [-0.25, -0.2) is 0 Å². The zero-order valence-electron chi connectivity index (χ0n) is 33.4. The van der Waals surface area contributed by atoms with E-state index in [1.807, 2.05) is 13.8 Å². The Morgan fingerprint density at radius 1 is 0.745 bits per heavy atom. The SMILES string of the molecule is CC1CCC2(C(=O)O)CC[C@]3(C)C(=CCC4C5(C)CCC(O[C@@H]6OC(O[C@@H]7O[C@H](CO)[C@@H](O)[C@H](O)[C@H]7O)[C@@H](O)[C@H](O)[C@H]6O)C(C)(C)[C@@H]5CCC43C)[C@@H]2[C@]1(C)O. The van der Waals surface area contributed by atoms with E-state index in [1.165, 1.54) is 0 Å². The van der Waals surface area contributed by atoms with Gasteiger partial charge >= 0.3 is 5.97 Å². The van der Waals surface area contributed by atoms with E-state index in [9.17, 15) is 50.8 Å². The summed E-state index contributed by atoms with van der Waals surface area (Å²) in [4.78, 5) is 13.1. The van der Waals surface area contributed by atoms with Gasteiger partial charge in [0, 0.05) is 5.92 Å². The average molecular weight is 783 g/mol. The summed E-state index contributed by atoms with van der Waals surface area (Å²) in [6.07, 6.45) is -7.87. The molecule has 7 rings (SSSR count). The number of aliphatic hydroxyl groups is 8. The Morgan fingerprint density at radius 3 is 1.96 bits per heavy atom. The number of fused-ring (bicyclic) bond motifs is 7. The second-order valence-corrected chi connectivity index (χ2v) is 20.0. The van der Waals surface area contributed by atoms with Crippen LogP contribution in [0, 0.1) is 50.7 Å². The lowest BCUT2D eigenvalue weighted by Gasteiger charge is -2.72. The maximum atomic E-state index is 13.1. The summed E-state index contributed by atoms with van der Waals surface area (Å²) in [6, 6.07) is 0. The Morgan fingerprint density at radius 2 is 1.35 bits per heavy atom. The number of allylic oxidation sites excluding steroid dienone is 1. The molecule has 0 radical (unpaired) electrons. The molecule has 14 nitrogen and oxygen atoms in total. The Balaban J connectivity index is 1.12. The van der Waals surface area contributed by atoms with Crippen LogP contribution in [0.5, 0.6) is 0 Å². The quantitative estimate of drug-likeness (QED) is 0.138. The number of rotatable bonds is 6. The third kappa shape index (κ3) is 5.89. The predicted molar refractivity (Wildman–Crippen MR) is 194 cm³/mol. The van der Waals surface area contributed by atoms with E-state index < -0.39 is 103 Å². The normalized spacial score (nSPS) is 56.3. The molecule has 314 valence electrons. The zero-order chi connectivity index (χ0) is 40.4. The lowest BCUT2D eigenvalue weighted by Crippen LogP contribution is -2.68. The van der Waals surface area contributed by atoms with Crippen molar-refractivity contribution >= 4 is 5.97 Å². The van der Waals surface area contributed by atoms with E-state index in [1.54, 1.807) is 0 Å². The van der Waals surface area contributed by atoms with Gasteiger partial charge in [0.1, 0.15) is 42.7 Å². The highest BCUT2D eigenvalue weighted by Crippen LogP contribution is 2.76. The zero-order valence-corrected chi connectivity index (χ0v) is 33.4. The molecule has 5 aliphatic carbocycles. The van der Waals surface area contributed by atoms with Crippen LogP contribution < -0.4 is 0 Å². The van der Waals surface area contributed by atoms with Gasteiger partial charge in [0.15, 0.2) is 18.9 Å². The van der Waals surface area contributed by atoms with Crippen molar-refractivity contribution in [2.75, 3.05) is 6.61 Å². The first-order chi connectivity index (χ1) is 25.5. The van der Waals surface area contributed by atoms with E-state index in [0.29, 0.717) is 25.7 Å². The van der Waals surface area contributed by atoms with Gasteiger partial charge in [-0.15, -0.1) is 0 Å². The van der Waals surface area contributed by atoms with Crippen LogP contribution in [0.15, 0.2) is 11.6 Å². The molecule has 14 heteroatoms. The molecule has 2 aliphatic heterocycles. The minimum atomic E-state index is -1.78. The number of hydrogen-bond donors (Lipinski definition) is 9. The van der Waals surface area contributed by atoms with Crippen LogP contribution in [0.4, 0.5) is 0 Å². The van der Waals surface area contributed by atoms with Gasteiger partial charge < -0.3 is 64.9 Å². The molecule has 2 saturated heterocycles. The molecule has 0 aromatic heterocycles. The molecule has 20 atom stereocenters. The van der Waals surface area contributed by atoms with Gasteiger partial charge in [-0.1, -0.05) is 53.2 Å². The van der Waals surface area contributed by atoms with Crippen molar-refractivity contribution in [3.05, 3.63) is 11.6 Å². The summed E-state index contributed by atoms with van der Waals surface area (Å²) in [6.45, 7) is 14.7.